The average molecular weight is 398 g/mol. The van der Waals surface area contributed by atoms with Crippen molar-refractivity contribution >= 4 is 5.96 Å². The smallest absolute Gasteiger partial charge is 0.191 e. The number of hydrogen-bond donors (Lipinski definition) is 2. The summed E-state index contributed by atoms with van der Waals surface area (Å²) in [4.78, 5) is 4.36. The summed E-state index contributed by atoms with van der Waals surface area (Å²) in [6.45, 7) is 2.23. The lowest BCUT2D eigenvalue weighted by Gasteiger charge is -2.32. The van der Waals surface area contributed by atoms with E-state index in [1.54, 1.807) is 21.3 Å². The first-order valence-corrected chi connectivity index (χ1v) is 10.1. The maximum atomic E-state index is 6.10. The van der Waals surface area contributed by atoms with Crippen molar-refractivity contribution in [1.82, 2.24) is 10.6 Å². The number of ether oxygens (including phenoxy) is 3. The normalized spacial score (nSPS) is 19.5. The highest BCUT2D eigenvalue weighted by molar-refractivity contribution is 5.79. The van der Waals surface area contributed by atoms with Crippen LogP contribution < -0.4 is 20.1 Å². The van der Waals surface area contributed by atoms with E-state index in [0.717, 1.165) is 49.0 Å². The molecule has 1 aliphatic heterocycles. The quantitative estimate of drug-likeness (QED) is 0.553. The van der Waals surface area contributed by atoms with Crippen LogP contribution in [0.3, 0.4) is 0 Å². The molecule has 2 atom stereocenters. The number of methoxy groups -OCH3 is 2. The second-order valence-electron chi connectivity index (χ2n) is 7.09. The van der Waals surface area contributed by atoms with Crippen LogP contribution in [-0.4, -0.2) is 40.4 Å². The number of benzene rings is 2. The van der Waals surface area contributed by atoms with Gasteiger partial charge < -0.3 is 24.8 Å². The van der Waals surface area contributed by atoms with Crippen molar-refractivity contribution in [2.24, 2.45) is 10.9 Å². The lowest BCUT2D eigenvalue weighted by Crippen LogP contribution is -2.41. The van der Waals surface area contributed by atoms with Crippen LogP contribution in [-0.2, 0) is 11.3 Å². The van der Waals surface area contributed by atoms with Gasteiger partial charge in [-0.15, -0.1) is 0 Å². The van der Waals surface area contributed by atoms with Gasteiger partial charge in [-0.05, 0) is 30.5 Å². The predicted molar refractivity (Wildman–Crippen MR) is 116 cm³/mol. The van der Waals surface area contributed by atoms with Crippen LogP contribution in [0.15, 0.2) is 53.5 Å². The standard InChI is InChI=1S/C23H31N3O3/c1-24-23(25-15-18-11-12-20(27-2)14-21(18)28-3)26-16-19-10-7-13-29-22(19)17-8-5-4-6-9-17/h4-6,8-9,11-12,14,19,22H,7,10,13,15-16H2,1-3H3,(H2,24,25,26). The number of rotatable bonds is 7. The zero-order valence-electron chi connectivity index (χ0n) is 17.5. The summed E-state index contributed by atoms with van der Waals surface area (Å²) in [5.74, 6) is 2.73. The SMILES string of the molecule is CN=C(NCc1ccc(OC)cc1OC)NCC1CCCOC1c1ccccc1. The fourth-order valence-electron chi connectivity index (χ4n) is 3.69. The maximum absolute atomic E-state index is 6.10. The molecular weight excluding hydrogens is 366 g/mol. The summed E-state index contributed by atoms with van der Waals surface area (Å²) < 4.78 is 16.8. The van der Waals surface area contributed by atoms with Gasteiger partial charge in [0.25, 0.3) is 0 Å². The molecule has 0 amide bonds. The summed E-state index contributed by atoms with van der Waals surface area (Å²) in [6.07, 6.45) is 2.35. The largest absolute Gasteiger partial charge is 0.497 e. The molecule has 6 nitrogen and oxygen atoms in total. The Hall–Kier alpha value is -2.73. The molecule has 1 heterocycles. The number of nitrogens with zero attached hydrogens (tertiary/aromatic N) is 1. The first kappa shape index (κ1) is 21.0. The van der Waals surface area contributed by atoms with Gasteiger partial charge in [0.05, 0.1) is 20.3 Å². The number of guanidine groups is 1. The Balaban J connectivity index is 1.57. The molecule has 0 spiro atoms. The van der Waals surface area contributed by atoms with E-state index >= 15 is 0 Å². The highest BCUT2D eigenvalue weighted by atomic mass is 16.5. The van der Waals surface area contributed by atoms with E-state index in [1.807, 2.05) is 24.3 Å². The summed E-state index contributed by atoms with van der Waals surface area (Å²) in [5.41, 5.74) is 2.28. The second kappa shape index (κ2) is 10.7. The van der Waals surface area contributed by atoms with Gasteiger partial charge in [0.1, 0.15) is 11.5 Å². The van der Waals surface area contributed by atoms with Crippen molar-refractivity contribution in [3.8, 4) is 11.5 Å². The minimum atomic E-state index is 0.122. The van der Waals surface area contributed by atoms with Crippen LogP contribution in [0.2, 0.25) is 0 Å². The molecule has 1 aliphatic rings. The van der Waals surface area contributed by atoms with Crippen LogP contribution in [0.1, 0.15) is 30.1 Å². The first-order valence-electron chi connectivity index (χ1n) is 10.1. The third-order valence-corrected chi connectivity index (χ3v) is 5.27. The van der Waals surface area contributed by atoms with Gasteiger partial charge in [0.15, 0.2) is 5.96 Å². The van der Waals surface area contributed by atoms with Crippen molar-refractivity contribution in [1.29, 1.82) is 0 Å². The number of aliphatic imine (C=N–C) groups is 1. The number of hydrogen-bond acceptors (Lipinski definition) is 4. The molecule has 0 radical (unpaired) electrons. The fraction of sp³-hybridized carbons (Fsp3) is 0.435. The maximum Gasteiger partial charge on any atom is 0.191 e. The van der Waals surface area contributed by atoms with Crippen LogP contribution in [0, 0.1) is 5.92 Å². The van der Waals surface area contributed by atoms with E-state index in [2.05, 4.69) is 39.9 Å². The van der Waals surface area contributed by atoms with E-state index in [-0.39, 0.29) is 6.10 Å². The van der Waals surface area contributed by atoms with Crippen molar-refractivity contribution in [2.45, 2.75) is 25.5 Å². The summed E-state index contributed by atoms with van der Waals surface area (Å²) in [7, 11) is 5.10. The van der Waals surface area contributed by atoms with Gasteiger partial charge in [-0.2, -0.15) is 0 Å². The van der Waals surface area contributed by atoms with E-state index < -0.39 is 0 Å². The Morgan fingerprint density at radius 3 is 2.66 bits per heavy atom. The first-order chi connectivity index (χ1) is 14.2. The van der Waals surface area contributed by atoms with E-state index in [4.69, 9.17) is 14.2 Å². The van der Waals surface area contributed by atoms with Gasteiger partial charge in [-0.1, -0.05) is 30.3 Å². The zero-order chi connectivity index (χ0) is 20.5. The van der Waals surface area contributed by atoms with Gasteiger partial charge >= 0.3 is 0 Å². The molecule has 156 valence electrons. The van der Waals surface area contributed by atoms with E-state index in [0.29, 0.717) is 12.5 Å². The Morgan fingerprint density at radius 1 is 1.10 bits per heavy atom. The summed E-state index contributed by atoms with van der Waals surface area (Å²) >= 11 is 0. The Kier molecular flexibility index (Phi) is 7.76. The molecule has 3 rings (SSSR count). The molecule has 0 saturated carbocycles. The number of nitrogens with one attached hydrogen (secondary N) is 2. The highest BCUT2D eigenvalue weighted by Gasteiger charge is 2.27. The van der Waals surface area contributed by atoms with Crippen molar-refractivity contribution in [3.63, 3.8) is 0 Å². The fourth-order valence-corrected chi connectivity index (χ4v) is 3.69. The lowest BCUT2D eigenvalue weighted by atomic mass is 9.89. The third-order valence-electron chi connectivity index (χ3n) is 5.27. The molecular formula is C23H31N3O3. The molecule has 6 heteroatoms. The van der Waals surface area contributed by atoms with Gasteiger partial charge in [0, 0.05) is 44.3 Å². The van der Waals surface area contributed by atoms with E-state index in [9.17, 15) is 0 Å². The molecule has 1 saturated heterocycles. The van der Waals surface area contributed by atoms with E-state index in [1.165, 1.54) is 5.56 Å². The Labute approximate surface area is 173 Å². The van der Waals surface area contributed by atoms with Crippen LogP contribution in [0.25, 0.3) is 0 Å². The van der Waals surface area contributed by atoms with Crippen molar-refractivity contribution in [3.05, 3.63) is 59.7 Å². The highest BCUT2D eigenvalue weighted by Crippen LogP contribution is 2.33. The molecule has 2 N–H and O–H groups in total. The monoisotopic (exact) mass is 397 g/mol. The minimum Gasteiger partial charge on any atom is -0.497 e. The van der Waals surface area contributed by atoms with Gasteiger partial charge in [0.2, 0.25) is 0 Å². The minimum absolute atomic E-state index is 0.122. The Bertz CT molecular complexity index is 795. The Morgan fingerprint density at radius 2 is 1.93 bits per heavy atom. The molecule has 2 aromatic carbocycles. The van der Waals surface area contributed by atoms with Crippen LogP contribution >= 0.6 is 0 Å². The summed E-state index contributed by atoms with van der Waals surface area (Å²) in [6, 6.07) is 16.3. The average Bonchev–Trinajstić information content (AvgIpc) is 2.80. The third kappa shape index (κ3) is 5.64. The molecule has 2 aromatic rings. The van der Waals surface area contributed by atoms with Crippen LogP contribution in [0.5, 0.6) is 11.5 Å². The molecule has 1 fully saturated rings. The zero-order valence-corrected chi connectivity index (χ0v) is 17.5. The van der Waals surface area contributed by atoms with Crippen molar-refractivity contribution in [2.75, 3.05) is 34.4 Å². The molecule has 0 aliphatic carbocycles. The lowest BCUT2D eigenvalue weighted by molar-refractivity contribution is -0.0265. The second-order valence-corrected chi connectivity index (χ2v) is 7.09. The van der Waals surface area contributed by atoms with Crippen molar-refractivity contribution < 1.29 is 14.2 Å². The molecule has 2 unspecified atom stereocenters. The molecule has 29 heavy (non-hydrogen) atoms. The van der Waals surface area contributed by atoms with Crippen LogP contribution in [0.4, 0.5) is 0 Å². The van der Waals surface area contributed by atoms with Gasteiger partial charge in [-0.3, -0.25) is 4.99 Å². The summed E-state index contributed by atoms with van der Waals surface area (Å²) in [5, 5.41) is 6.83. The molecule has 0 bridgehead atoms. The molecule has 0 aromatic heterocycles. The topological polar surface area (TPSA) is 64.1 Å². The predicted octanol–water partition coefficient (Wildman–Crippen LogP) is 3.54. The van der Waals surface area contributed by atoms with Gasteiger partial charge in [-0.25, -0.2) is 0 Å².